The molecule has 170 valence electrons. The molecule has 1 fully saturated rings. The van der Waals surface area contributed by atoms with E-state index in [0.29, 0.717) is 6.54 Å². The average Bonchev–Trinajstić information content (AvgIpc) is 3.10. The number of halogens is 1. The zero-order valence-electron chi connectivity index (χ0n) is 18.5. The standard InChI is InChI=1S/C23H33BrN4O2S/c1-3-4-5-6-7-8-9-10-14-31-23-25-20-19(21(29)26-22(30)27(20)2)28(23)16-17-12-11-13-18(24)15-17/h11-13,15,19-20H,3-10,14,16H2,1-2H3,(H,26,29,30). The maximum Gasteiger partial charge on any atom is 0.325 e. The average molecular weight is 510 g/mol. The number of carbonyl (C=O) groups is 2. The number of likely N-dealkylation sites (N-methyl/N-ethyl adjacent to an activating group) is 1. The van der Waals surface area contributed by atoms with E-state index in [1.54, 1.807) is 18.8 Å². The third kappa shape index (κ3) is 6.48. The minimum Gasteiger partial charge on any atom is -0.331 e. The van der Waals surface area contributed by atoms with Gasteiger partial charge in [-0.05, 0) is 24.1 Å². The fourth-order valence-corrected chi connectivity index (χ4v) is 5.52. The number of carbonyl (C=O) groups excluding carboxylic acids is 2. The van der Waals surface area contributed by atoms with E-state index in [9.17, 15) is 9.59 Å². The number of nitrogens with zero attached hydrogens (tertiary/aromatic N) is 3. The smallest absolute Gasteiger partial charge is 0.325 e. The Morgan fingerprint density at radius 2 is 1.81 bits per heavy atom. The van der Waals surface area contributed by atoms with E-state index in [1.807, 2.05) is 12.1 Å². The van der Waals surface area contributed by atoms with E-state index in [4.69, 9.17) is 4.99 Å². The number of amides is 3. The first-order valence-corrected chi connectivity index (χ1v) is 13.1. The van der Waals surface area contributed by atoms with E-state index in [2.05, 4.69) is 45.2 Å². The van der Waals surface area contributed by atoms with Crippen LogP contribution in [0, 0.1) is 0 Å². The number of thioether (sulfide) groups is 1. The zero-order chi connectivity index (χ0) is 22.2. The summed E-state index contributed by atoms with van der Waals surface area (Å²) in [5, 5.41) is 3.32. The van der Waals surface area contributed by atoms with Gasteiger partial charge in [-0.25, -0.2) is 9.79 Å². The molecule has 2 atom stereocenters. The molecule has 2 aliphatic rings. The molecular formula is C23H33BrN4O2S. The molecule has 0 radical (unpaired) electrons. The number of benzene rings is 1. The Kier molecular flexibility index (Phi) is 9.26. The minimum absolute atomic E-state index is 0.269. The van der Waals surface area contributed by atoms with E-state index in [0.717, 1.165) is 27.4 Å². The molecule has 0 saturated carbocycles. The predicted molar refractivity (Wildman–Crippen MR) is 131 cm³/mol. The largest absolute Gasteiger partial charge is 0.331 e. The number of rotatable bonds is 11. The minimum atomic E-state index is -0.484. The van der Waals surface area contributed by atoms with Crippen LogP contribution in [0.2, 0.25) is 0 Å². The van der Waals surface area contributed by atoms with Gasteiger partial charge in [0.05, 0.1) is 0 Å². The third-order valence-corrected chi connectivity index (χ3v) is 7.38. The number of nitrogens with one attached hydrogen (secondary N) is 1. The molecule has 1 aromatic rings. The van der Waals surface area contributed by atoms with E-state index < -0.39 is 12.2 Å². The molecule has 3 rings (SSSR count). The highest BCUT2D eigenvalue weighted by molar-refractivity contribution is 9.10. The Morgan fingerprint density at radius 3 is 2.52 bits per heavy atom. The molecule has 6 nitrogen and oxygen atoms in total. The SMILES string of the molecule is CCCCCCCCCCSC1=NC2C(C(=O)NC(=O)N2C)N1Cc1cccc(Br)c1. The summed E-state index contributed by atoms with van der Waals surface area (Å²) >= 11 is 5.23. The molecule has 0 bridgehead atoms. The summed E-state index contributed by atoms with van der Waals surface area (Å²) in [6.45, 7) is 2.83. The quantitative estimate of drug-likeness (QED) is 0.408. The van der Waals surface area contributed by atoms with Crippen LogP contribution in [0.15, 0.2) is 33.7 Å². The summed E-state index contributed by atoms with van der Waals surface area (Å²) in [6, 6.07) is 7.23. The maximum absolute atomic E-state index is 12.7. The van der Waals surface area contributed by atoms with Crippen molar-refractivity contribution in [1.82, 2.24) is 15.1 Å². The lowest BCUT2D eigenvalue weighted by Crippen LogP contribution is -2.63. The van der Waals surface area contributed by atoms with Gasteiger partial charge in [0.1, 0.15) is 0 Å². The van der Waals surface area contributed by atoms with Gasteiger partial charge in [0, 0.05) is 23.8 Å². The summed E-state index contributed by atoms with van der Waals surface area (Å²) < 4.78 is 1.01. The maximum atomic E-state index is 12.7. The molecule has 3 amide bonds. The van der Waals surface area contributed by atoms with Crippen molar-refractivity contribution in [2.45, 2.75) is 77.0 Å². The highest BCUT2D eigenvalue weighted by atomic mass is 79.9. The molecule has 0 spiro atoms. The van der Waals surface area contributed by atoms with Crippen molar-refractivity contribution < 1.29 is 9.59 Å². The fourth-order valence-electron chi connectivity index (χ4n) is 4.02. The number of amidine groups is 1. The normalized spacial score (nSPS) is 20.7. The summed E-state index contributed by atoms with van der Waals surface area (Å²) in [7, 11) is 1.70. The number of hydrogen-bond donors (Lipinski definition) is 1. The molecule has 2 unspecified atom stereocenters. The summed E-state index contributed by atoms with van der Waals surface area (Å²) in [6.07, 6.45) is 9.82. The van der Waals surface area contributed by atoms with Crippen LogP contribution in [0.5, 0.6) is 0 Å². The van der Waals surface area contributed by atoms with Crippen LogP contribution in [0.25, 0.3) is 0 Å². The van der Waals surface area contributed by atoms with Gasteiger partial charge in [-0.15, -0.1) is 0 Å². The summed E-state index contributed by atoms with van der Waals surface area (Å²) in [5.41, 5.74) is 1.10. The monoisotopic (exact) mass is 508 g/mol. The molecule has 0 aromatic heterocycles. The molecule has 1 aromatic carbocycles. The Morgan fingerprint density at radius 1 is 1.10 bits per heavy atom. The molecule has 31 heavy (non-hydrogen) atoms. The first-order chi connectivity index (χ1) is 15.0. The number of aliphatic imine (C=N–C) groups is 1. The first kappa shape index (κ1) is 24.1. The zero-order valence-corrected chi connectivity index (χ0v) is 20.9. The molecular weight excluding hydrogens is 476 g/mol. The summed E-state index contributed by atoms with van der Waals surface area (Å²) in [4.78, 5) is 33.1. The van der Waals surface area contributed by atoms with E-state index in [1.165, 1.54) is 49.8 Å². The van der Waals surface area contributed by atoms with Crippen molar-refractivity contribution in [3.63, 3.8) is 0 Å². The first-order valence-electron chi connectivity index (χ1n) is 11.3. The van der Waals surface area contributed by atoms with E-state index >= 15 is 0 Å². The van der Waals surface area contributed by atoms with Gasteiger partial charge in [-0.1, -0.05) is 91.7 Å². The topological polar surface area (TPSA) is 65.0 Å². The van der Waals surface area contributed by atoms with Crippen LogP contribution in [0.4, 0.5) is 4.79 Å². The number of imide groups is 1. The van der Waals surface area contributed by atoms with Gasteiger partial charge in [-0.3, -0.25) is 10.1 Å². The second kappa shape index (κ2) is 11.9. The number of urea groups is 1. The van der Waals surface area contributed by atoms with Crippen molar-refractivity contribution in [3.05, 3.63) is 34.3 Å². The fraction of sp³-hybridized carbons (Fsp3) is 0.609. The van der Waals surface area contributed by atoms with Crippen LogP contribution in [0.3, 0.4) is 0 Å². The predicted octanol–water partition coefficient (Wildman–Crippen LogP) is 5.37. The van der Waals surface area contributed by atoms with Crippen molar-refractivity contribution in [1.29, 1.82) is 0 Å². The molecule has 1 saturated heterocycles. The molecule has 2 aliphatic heterocycles. The number of hydrogen-bond acceptors (Lipinski definition) is 5. The highest BCUT2D eigenvalue weighted by Gasteiger charge is 2.48. The lowest BCUT2D eigenvalue weighted by molar-refractivity contribution is -0.127. The van der Waals surface area contributed by atoms with Crippen LogP contribution in [-0.2, 0) is 11.3 Å². The van der Waals surface area contributed by atoms with Crippen LogP contribution in [0.1, 0.15) is 63.9 Å². The van der Waals surface area contributed by atoms with Crippen molar-refractivity contribution in [3.8, 4) is 0 Å². The van der Waals surface area contributed by atoms with Crippen LogP contribution in [-0.4, -0.2) is 51.9 Å². The van der Waals surface area contributed by atoms with Crippen LogP contribution >= 0.6 is 27.7 Å². The number of fused-ring (bicyclic) bond motifs is 1. The van der Waals surface area contributed by atoms with Gasteiger partial charge < -0.3 is 9.80 Å². The third-order valence-electron chi connectivity index (χ3n) is 5.79. The molecule has 0 aliphatic carbocycles. The van der Waals surface area contributed by atoms with Crippen molar-refractivity contribution in [2.75, 3.05) is 12.8 Å². The lowest BCUT2D eigenvalue weighted by Gasteiger charge is -2.36. The summed E-state index contributed by atoms with van der Waals surface area (Å²) in [5.74, 6) is 0.705. The van der Waals surface area contributed by atoms with Gasteiger partial charge >= 0.3 is 6.03 Å². The van der Waals surface area contributed by atoms with E-state index in [-0.39, 0.29) is 11.9 Å². The Balaban J connectivity index is 1.59. The highest BCUT2D eigenvalue weighted by Crippen LogP contribution is 2.31. The molecule has 2 heterocycles. The van der Waals surface area contributed by atoms with Gasteiger partial charge in [0.25, 0.3) is 5.91 Å². The second-order valence-corrected chi connectivity index (χ2v) is 10.2. The van der Waals surface area contributed by atoms with Crippen molar-refractivity contribution in [2.24, 2.45) is 4.99 Å². The second-order valence-electron chi connectivity index (χ2n) is 8.26. The molecule has 1 N–H and O–H groups in total. The Hall–Kier alpha value is -1.54. The Bertz CT molecular complexity index is 804. The number of unbranched alkanes of at least 4 members (excludes halogenated alkanes) is 7. The van der Waals surface area contributed by atoms with Gasteiger partial charge in [0.2, 0.25) is 0 Å². The molecule has 8 heteroatoms. The van der Waals surface area contributed by atoms with Crippen LogP contribution < -0.4 is 5.32 Å². The van der Waals surface area contributed by atoms with Crippen molar-refractivity contribution >= 4 is 44.8 Å². The van der Waals surface area contributed by atoms with Gasteiger partial charge in [0.15, 0.2) is 17.4 Å². The van der Waals surface area contributed by atoms with Gasteiger partial charge in [-0.2, -0.15) is 0 Å². The Labute approximate surface area is 198 Å². The lowest BCUT2D eigenvalue weighted by atomic mass is 10.1.